The van der Waals surface area contributed by atoms with Gasteiger partial charge >= 0.3 is 6.18 Å². The van der Waals surface area contributed by atoms with Crippen LogP contribution in [0.4, 0.5) is 18.9 Å². The number of hydrogen-bond acceptors (Lipinski definition) is 3. The van der Waals surface area contributed by atoms with E-state index in [1.165, 1.54) is 16.8 Å². The summed E-state index contributed by atoms with van der Waals surface area (Å²) in [6, 6.07) is 3.06. The van der Waals surface area contributed by atoms with E-state index in [1.807, 2.05) is 0 Å². The molecule has 7 heteroatoms. The molecule has 0 aromatic carbocycles. The van der Waals surface area contributed by atoms with Gasteiger partial charge in [0.2, 0.25) is 0 Å². The van der Waals surface area contributed by atoms with Crippen molar-refractivity contribution >= 4 is 5.69 Å². The first-order chi connectivity index (χ1) is 7.47. The van der Waals surface area contributed by atoms with Crippen molar-refractivity contribution < 1.29 is 13.2 Å². The Balaban J connectivity index is 2.35. The van der Waals surface area contributed by atoms with Crippen LogP contribution in [0.3, 0.4) is 0 Å². The number of alkyl halides is 3. The first-order valence-corrected chi connectivity index (χ1v) is 4.30. The third-order valence-corrected chi connectivity index (χ3v) is 1.91. The minimum absolute atomic E-state index is 0.331. The van der Waals surface area contributed by atoms with Crippen LogP contribution in [0.15, 0.2) is 30.9 Å². The first kappa shape index (κ1) is 10.5. The molecule has 0 spiro atoms. The van der Waals surface area contributed by atoms with Crippen LogP contribution in [0.25, 0.3) is 5.82 Å². The molecule has 16 heavy (non-hydrogen) atoms. The summed E-state index contributed by atoms with van der Waals surface area (Å²) in [5.74, 6) is 0.331. The molecule has 0 aliphatic carbocycles. The second kappa shape index (κ2) is 3.51. The number of rotatable bonds is 1. The highest BCUT2D eigenvalue weighted by Gasteiger charge is 2.33. The maximum absolute atomic E-state index is 12.3. The molecule has 4 nitrogen and oxygen atoms in total. The number of imidazole rings is 1. The molecule has 2 heterocycles. The van der Waals surface area contributed by atoms with Crippen LogP contribution < -0.4 is 5.73 Å². The normalized spacial score (nSPS) is 11.7. The lowest BCUT2D eigenvalue weighted by Crippen LogP contribution is -2.05. The molecule has 2 rings (SSSR count). The lowest BCUT2D eigenvalue weighted by molar-refractivity contribution is -0.140. The Morgan fingerprint density at radius 1 is 1.19 bits per heavy atom. The lowest BCUT2D eigenvalue weighted by Gasteiger charge is -2.01. The number of anilines is 1. The monoisotopic (exact) mass is 228 g/mol. The van der Waals surface area contributed by atoms with Crippen molar-refractivity contribution in [1.29, 1.82) is 0 Å². The third-order valence-electron chi connectivity index (χ3n) is 1.91. The molecular weight excluding hydrogens is 221 g/mol. The summed E-state index contributed by atoms with van der Waals surface area (Å²) in [7, 11) is 0. The molecule has 0 amide bonds. The van der Waals surface area contributed by atoms with Crippen LogP contribution in [-0.4, -0.2) is 14.5 Å². The highest BCUT2D eigenvalue weighted by molar-refractivity contribution is 5.38. The summed E-state index contributed by atoms with van der Waals surface area (Å²) in [4.78, 5) is 7.13. The molecule has 0 saturated carbocycles. The first-order valence-electron chi connectivity index (χ1n) is 4.30. The number of nitrogens with two attached hydrogens (primary N) is 1. The van der Waals surface area contributed by atoms with Crippen LogP contribution in [0.1, 0.15) is 5.69 Å². The Morgan fingerprint density at radius 2 is 1.94 bits per heavy atom. The van der Waals surface area contributed by atoms with Crippen molar-refractivity contribution in [3.8, 4) is 5.82 Å². The number of aromatic nitrogens is 3. The highest BCUT2D eigenvalue weighted by Crippen LogP contribution is 2.27. The third kappa shape index (κ3) is 1.97. The standard InChI is InChI=1S/C9H7F3N4/c10-9(11,12)7-4-16(5-15-7)8-2-1-6(13)3-14-8/h1-5H,13H2. The van der Waals surface area contributed by atoms with Gasteiger partial charge in [-0.05, 0) is 12.1 Å². The van der Waals surface area contributed by atoms with Gasteiger partial charge in [0.15, 0.2) is 5.69 Å². The van der Waals surface area contributed by atoms with E-state index < -0.39 is 11.9 Å². The van der Waals surface area contributed by atoms with Gasteiger partial charge in [0.1, 0.15) is 12.1 Å². The van der Waals surface area contributed by atoms with Crippen molar-refractivity contribution in [2.75, 3.05) is 5.73 Å². The van der Waals surface area contributed by atoms with E-state index >= 15 is 0 Å². The highest BCUT2D eigenvalue weighted by atomic mass is 19.4. The second-order valence-corrected chi connectivity index (χ2v) is 3.11. The fourth-order valence-corrected chi connectivity index (χ4v) is 1.14. The van der Waals surface area contributed by atoms with E-state index in [-0.39, 0.29) is 0 Å². The summed E-state index contributed by atoms with van der Waals surface area (Å²) in [5, 5.41) is 0. The van der Waals surface area contributed by atoms with Crippen molar-refractivity contribution in [3.63, 3.8) is 0 Å². The lowest BCUT2D eigenvalue weighted by atomic mass is 10.4. The van der Waals surface area contributed by atoms with Gasteiger partial charge in [0.05, 0.1) is 11.9 Å². The van der Waals surface area contributed by atoms with E-state index in [0.29, 0.717) is 11.5 Å². The van der Waals surface area contributed by atoms with Gasteiger partial charge in [-0.25, -0.2) is 9.97 Å². The molecule has 0 unspecified atom stereocenters. The molecule has 0 bridgehead atoms. The van der Waals surface area contributed by atoms with Crippen LogP contribution >= 0.6 is 0 Å². The van der Waals surface area contributed by atoms with Gasteiger partial charge in [-0.2, -0.15) is 13.2 Å². The minimum atomic E-state index is -4.45. The van der Waals surface area contributed by atoms with E-state index in [0.717, 1.165) is 12.5 Å². The smallest absolute Gasteiger partial charge is 0.397 e. The molecule has 84 valence electrons. The van der Waals surface area contributed by atoms with Gasteiger partial charge in [0.25, 0.3) is 0 Å². The Kier molecular flexibility index (Phi) is 2.30. The number of nitrogens with zero attached hydrogens (tertiary/aromatic N) is 3. The largest absolute Gasteiger partial charge is 0.434 e. The predicted octanol–water partition coefficient (Wildman–Crippen LogP) is 1.87. The second-order valence-electron chi connectivity index (χ2n) is 3.11. The maximum Gasteiger partial charge on any atom is 0.434 e. The number of halogens is 3. The molecule has 0 fully saturated rings. The molecule has 0 aliphatic rings. The van der Waals surface area contributed by atoms with Gasteiger partial charge in [-0.15, -0.1) is 0 Å². The summed E-state index contributed by atoms with van der Waals surface area (Å²) in [6.45, 7) is 0. The Labute approximate surface area is 88.5 Å². The van der Waals surface area contributed by atoms with Gasteiger partial charge in [-0.3, -0.25) is 4.57 Å². The molecule has 2 aromatic rings. The summed E-state index contributed by atoms with van der Waals surface area (Å²) in [5.41, 5.74) is 4.90. The molecule has 0 aliphatic heterocycles. The zero-order valence-electron chi connectivity index (χ0n) is 7.94. The zero-order valence-corrected chi connectivity index (χ0v) is 7.94. The Hall–Kier alpha value is -2.05. The molecular formula is C9H7F3N4. The summed E-state index contributed by atoms with van der Waals surface area (Å²) < 4.78 is 38.0. The average Bonchev–Trinajstić information content (AvgIpc) is 2.67. The van der Waals surface area contributed by atoms with Crippen LogP contribution in [-0.2, 0) is 6.18 Å². The zero-order chi connectivity index (χ0) is 11.8. The number of hydrogen-bond donors (Lipinski definition) is 1. The van der Waals surface area contributed by atoms with Crippen molar-refractivity contribution in [3.05, 3.63) is 36.5 Å². The average molecular weight is 228 g/mol. The van der Waals surface area contributed by atoms with Crippen LogP contribution in [0, 0.1) is 0 Å². The number of nitrogen functional groups attached to an aromatic ring is 1. The summed E-state index contributed by atoms with van der Waals surface area (Å²) in [6.07, 6.45) is -1.15. The summed E-state index contributed by atoms with van der Waals surface area (Å²) >= 11 is 0. The SMILES string of the molecule is Nc1ccc(-n2cnc(C(F)(F)F)c2)nc1. The van der Waals surface area contributed by atoms with Crippen molar-refractivity contribution in [2.45, 2.75) is 6.18 Å². The van der Waals surface area contributed by atoms with Crippen molar-refractivity contribution in [2.24, 2.45) is 0 Å². The Morgan fingerprint density at radius 3 is 2.44 bits per heavy atom. The van der Waals surface area contributed by atoms with Crippen LogP contribution in [0.5, 0.6) is 0 Å². The van der Waals surface area contributed by atoms with Crippen LogP contribution in [0.2, 0.25) is 0 Å². The van der Waals surface area contributed by atoms with Gasteiger partial charge in [0, 0.05) is 6.20 Å². The number of pyridine rings is 1. The maximum atomic E-state index is 12.3. The van der Waals surface area contributed by atoms with E-state index in [1.54, 1.807) is 6.07 Å². The van der Waals surface area contributed by atoms with Crippen molar-refractivity contribution in [1.82, 2.24) is 14.5 Å². The Bertz CT molecular complexity index is 486. The predicted molar refractivity (Wildman–Crippen MR) is 50.8 cm³/mol. The van der Waals surface area contributed by atoms with E-state index in [9.17, 15) is 13.2 Å². The fraction of sp³-hybridized carbons (Fsp3) is 0.111. The molecule has 0 saturated heterocycles. The van der Waals surface area contributed by atoms with Gasteiger partial charge < -0.3 is 5.73 Å². The molecule has 0 atom stereocenters. The quantitative estimate of drug-likeness (QED) is 0.810. The molecule has 2 N–H and O–H groups in total. The molecule has 0 radical (unpaired) electrons. The van der Waals surface area contributed by atoms with E-state index in [4.69, 9.17) is 5.73 Å². The molecule has 2 aromatic heterocycles. The topological polar surface area (TPSA) is 56.7 Å². The minimum Gasteiger partial charge on any atom is -0.397 e. The fourth-order valence-electron chi connectivity index (χ4n) is 1.14. The van der Waals surface area contributed by atoms with Gasteiger partial charge in [-0.1, -0.05) is 0 Å². The van der Waals surface area contributed by atoms with E-state index in [2.05, 4.69) is 9.97 Å².